The first-order chi connectivity index (χ1) is 12.0. The average molecular weight is 343 g/mol. The Labute approximate surface area is 146 Å². The Balaban J connectivity index is 1.75. The van der Waals surface area contributed by atoms with Gasteiger partial charge in [-0.05, 0) is 36.8 Å². The number of carbonyl (C=O) groups excluding carboxylic acids is 1. The van der Waals surface area contributed by atoms with E-state index in [0.717, 1.165) is 11.3 Å². The van der Waals surface area contributed by atoms with Gasteiger partial charge >= 0.3 is 5.97 Å². The number of para-hydroxylation sites is 1. The second-order valence-electron chi connectivity index (χ2n) is 5.43. The maximum absolute atomic E-state index is 12.0. The SMILES string of the molecule is CC(Oc1cccc(CC(=O)NCCOc2ccccc2)c1)C(=O)O. The minimum absolute atomic E-state index is 0.139. The number of ether oxygens (including phenoxy) is 2. The molecule has 0 radical (unpaired) electrons. The summed E-state index contributed by atoms with van der Waals surface area (Å²) in [4.78, 5) is 22.8. The first-order valence-electron chi connectivity index (χ1n) is 7.97. The van der Waals surface area contributed by atoms with Crippen LogP contribution in [0.25, 0.3) is 0 Å². The van der Waals surface area contributed by atoms with Gasteiger partial charge in [-0.25, -0.2) is 4.79 Å². The molecule has 0 saturated carbocycles. The monoisotopic (exact) mass is 343 g/mol. The molecule has 1 amide bonds. The number of nitrogens with one attached hydrogen (secondary N) is 1. The predicted molar refractivity (Wildman–Crippen MR) is 92.8 cm³/mol. The molecule has 25 heavy (non-hydrogen) atoms. The molecule has 1 atom stereocenters. The number of benzene rings is 2. The van der Waals surface area contributed by atoms with Crippen molar-refractivity contribution in [2.75, 3.05) is 13.2 Å². The van der Waals surface area contributed by atoms with Crippen LogP contribution in [0.5, 0.6) is 11.5 Å². The van der Waals surface area contributed by atoms with Crippen molar-refractivity contribution < 1.29 is 24.2 Å². The predicted octanol–water partition coefficient (Wildman–Crippen LogP) is 2.28. The van der Waals surface area contributed by atoms with Gasteiger partial charge in [0.2, 0.25) is 5.91 Å². The van der Waals surface area contributed by atoms with Crippen molar-refractivity contribution in [2.45, 2.75) is 19.4 Å². The van der Waals surface area contributed by atoms with Crippen molar-refractivity contribution in [3.05, 3.63) is 60.2 Å². The van der Waals surface area contributed by atoms with E-state index in [9.17, 15) is 9.59 Å². The van der Waals surface area contributed by atoms with Crippen molar-refractivity contribution in [3.63, 3.8) is 0 Å². The molecule has 0 aliphatic rings. The maximum Gasteiger partial charge on any atom is 0.344 e. The Morgan fingerprint density at radius 3 is 2.52 bits per heavy atom. The van der Waals surface area contributed by atoms with E-state index in [1.165, 1.54) is 6.92 Å². The number of carboxylic acids is 1. The van der Waals surface area contributed by atoms with Gasteiger partial charge < -0.3 is 19.9 Å². The minimum atomic E-state index is -1.04. The van der Waals surface area contributed by atoms with E-state index in [1.54, 1.807) is 24.3 Å². The number of amides is 1. The summed E-state index contributed by atoms with van der Waals surface area (Å²) in [6, 6.07) is 16.2. The molecule has 6 nitrogen and oxygen atoms in total. The molecule has 0 bridgehead atoms. The van der Waals surface area contributed by atoms with Crippen LogP contribution in [0.15, 0.2) is 54.6 Å². The lowest BCUT2D eigenvalue weighted by atomic mass is 10.1. The Kier molecular flexibility index (Phi) is 6.83. The molecule has 2 N–H and O–H groups in total. The summed E-state index contributed by atoms with van der Waals surface area (Å²) < 4.78 is 10.8. The van der Waals surface area contributed by atoms with E-state index in [4.69, 9.17) is 14.6 Å². The van der Waals surface area contributed by atoms with Crippen LogP contribution in [0, 0.1) is 0 Å². The maximum atomic E-state index is 12.0. The van der Waals surface area contributed by atoms with Crippen molar-refractivity contribution in [2.24, 2.45) is 0 Å². The van der Waals surface area contributed by atoms with Crippen LogP contribution < -0.4 is 14.8 Å². The molecular weight excluding hydrogens is 322 g/mol. The van der Waals surface area contributed by atoms with Crippen molar-refractivity contribution in [1.82, 2.24) is 5.32 Å². The van der Waals surface area contributed by atoms with Crippen LogP contribution in [-0.4, -0.2) is 36.2 Å². The summed E-state index contributed by atoms with van der Waals surface area (Å²) in [6.07, 6.45) is -0.761. The smallest absolute Gasteiger partial charge is 0.344 e. The highest BCUT2D eigenvalue weighted by Gasteiger charge is 2.12. The normalized spacial score (nSPS) is 11.4. The summed E-state index contributed by atoms with van der Waals surface area (Å²) in [5.74, 6) is 0.00316. The summed E-state index contributed by atoms with van der Waals surface area (Å²) in [5.41, 5.74) is 0.747. The second kappa shape index (κ2) is 9.32. The van der Waals surface area contributed by atoms with Gasteiger partial charge in [-0.3, -0.25) is 4.79 Å². The van der Waals surface area contributed by atoms with Crippen LogP contribution in [0.1, 0.15) is 12.5 Å². The Morgan fingerprint density at radius 1 is 1.08 bits per heavy atom. The van der Waals surface area contributed by atoms with Crippen LogP contribution in [0.4, 0.5) is 0 Å². The Morgan fingerprint density at radius 2 is 1.80 bits per heavy atom. The third-order valence-electron chi connectivity index (χ3n) is 3.36. The quantitative estimate of drug-likeness (QED) is 0.682. The molecule has 1 unspecified atom stereocenters. The first-order valence-corrected chi connectivity index (χ1v) is 7.97. The fourth-order valence-electron chi connectivity index (χ4n) is 2.11. The molecule has 2 rings (SSSR count). The third-order valence-corrected chi connectivity index (χ3v) is 3.36. The zero-order valence-electron chi connectivity index (χ0n) is 14.0. The molecule has 0 aliphatic carbocycles. The number of hydrogen-bond donors (Lipinski definition) is 2. The highest BCUT2D eigenvalue weighted by Crippen LogP contribution is 2.15. The fourth-order valence-corrected chi connectivity index (χ4v) is 2.11. The molecule has 0 saturated heterocycles. The topological polar surface area (TPSA) is 84.9 Å². The lowest BCUT2D eigenvalue weighted by Crippen LogP contribution is -2.29. The molecule has 0 aliphatic heterocycles. The molecule has 6 heteroatoms. The van der Waals surface area contributed by atoms with E-state index in [0.29, 0.717) is 18.9 Å². The van der Waals surface area contributed by atoms with Crippen LogP contribution in [0.3, 0.4) is 0 Å². The summed E-state index contributed by atoms with van der Waals surface area (Å²) >= 11 is 0. The zero-order valence-corrected chi connectivity index (χ0v) is 14.0. The molecule has 132 valence electrons. The Hall–Kier alpha value is -3.02. The van der Waals surface area contributed by atoms with Gasteiger partial charge in [0.1, 0.15) is 18.1 Å². The van der Waals surface area contributed by atoms with Gasteiger partial charge in [-0.2, -0.15) is 0 Å². The van der Waals surface area contributed by atoms with Crippen LogP contribution in [-0.2, 0) is 16.0 Å². The number of hydrogen-bond acceptors (Lipinski definition) is 4. The average Bonchev–Trinajstić information content (AvgIpc) is 2.60. The van der Waals surface area contributed by atoms with Crippen LogP contribution >= 0.6 is 0 Å². The summed E-state index contributed by atoms with van der Waals surface area (Å²) in [7, 11) is 0. The molecular formula is C19H21NO5. The largest absolute Gasteiger partial charge is 0.492 e. The summed E-state index contributed by atoms with van der Waals surface area (Å²) in [6.45, 7) is 2.24. The second-order valence-corrected chi connectivity index (χ2v) is 5.43. The molecule has 0 aromatic heterocycles. The van der Waals surface area contributed by atoms with Gasteiger partial charge in [0, 0.05) is 0 Å². The molecule has 0 spiro atoms. The lowest BCUT2D eigenvalue weighted by molar-refractivity contribution is -0.144. The Bertz CT molecular complexity index is 702. The van der Waals surface area contributed by atoms with Gasteiger partial charge in [0.25, 0.3) is 0 Å². The molecule has 2 aromatic carbocycles. The number of carbonyl (C=O) groups is 2. The van der Waals surface area contributed by atoms with E-state index in [1.807, 2.05) is 30.3 Å². The lowest BCUT2D eigenvalue weighted by Gasteiger charge is -2.11. The van der Waals surface area contributed by atoms with Gasteiger partial charge in [0.05, 0.1) is 13.0 Å². The highest BCUT2D eigenvalue weighted by atomic mass is 16.5. The molecule has 0 heterocycles. The number of rotatable bonds is 9. The summed E-state index contributed by atoms with van der Waals surface area (Å²) in [5, 5.41) is 11.6. The van der Waals surface area contributed by atoms with Crippen molar-refractivity contribution in [1.29, 1.82) is 0 Å². The minimum Gasteiger partial charge on any atom is -0.492 e. The van der Waals surface area contributed by atoms with E-state index < -0.39 is 12.1 Å². The van der Waals surface area contributed by atoms with Crippen LogP contribution in [0.2, 0.25) is 0 Å². The van der Waals surface area contributed by atoms with E-state index >= 15 is 0 Å². The van der Waals surface area contributed by atoms with E-state index in [2.05, 4.69) is 5.32 Å². The van der Waals surface area contributed by atoms with Gasteiger partial charge in [-0.15, -0.1) is 0 Å². The molecule has 2 aromatic rings. The number of carboxylic acid groups (broad SMARTS) is 1. The number of aliphatic carboxylic acids is 1. The fraction of sp³-hybridized carbons (Fsp3) is 0.263. The van der Waals surface area contributed by atoms with E-state index in [-0.39, 0.29) is 12.3 Å². The zero-order chi connectivity index (χ0) is 18.1. The van der Waals surface area contributed by atoms with Gasteiger partial charge in [0.15, 0.2) is 6.10 Å². The van der Waals surface area contributed by atoms with Crippen molar-refractivity contribution in [3.8, 4) is 11.5 Å². The first kappa shape index (κ1) is 18.3. The molecule has 0 fully saturated rings. The van der Waals surface area contributed by atoms with Gasteiger partial charge in [-0.1, -0.05) is 30.3 Å². The third kappa shape index (κ3) is 6.55. The van der Waals surface area contributed by atoms with Crippen molar-refractivity contribution >= 4 is 11.9 Å². The highest BCUT2D eigenvalue weighted by molar-refractivity contribution is 5.78. The standard InChI is InChI=1S/C19H21NO5/c1-14(19(22)23)25-17-9-5-6-15(12-17)13-18(21)20-10-11-24-16-7-3-2-4-8-16/h2-9,12,14H,10-11,13H2,1H3,(H,20,21)(H,22,23).